The zero-order chi connectivity index (χ0) is 23.6. The van der Waals surface area contributed by atoms with Crippen LogP contribution >= 0.6 is 0 Å². The minimum atomic E-state index is -4.07. The van der Waals surface area contributed by atoms with Crippen LogP contribution in [-0.4, -0.2) is 57.1 Å². The predicted octanol–water partition coefficient (Wildman–Crippen LogP) is 3.95. The van der Waals surface area contributed by atoms with Gasteiger partial charge in [-0.15, -0.1) is 0 Å². The Bertz CT molecular complexity index is 1130. The van der Waals surface area contributed by atoms with Crippen LogP contribution in [0, 0.1) is 18.7 Å². The molecule has 0 spiro atoms. The maximum atomic E-state index is 13.6. The van der Waals surface area contributed by atoms with Gasteiger partial charge in [0, 0.05) is 25.3 Å². The number of nitrogens with zero attached hydrogens (tertiary/aromatic N) is 2. The molecule has 2 N–H and O–H groups in total. The Morgan fingerprint density at radius 1 is 1.12 bits per heavy atom. The van der Waals surface area contributed by atoms with E-state index in [-0.39, 0.29) is 16.1 Å². The number of aromatic carboxylic acids is 1. The average molecular weight is 476 g/mol. The minimum Gasteiger partial charge on any atom is -0.478 e. The number of aryl methyl sites for hydroxylation is 1. The number of carboxylic acid groups (broad SMARTS) is 1. The first-order valence-corrected chi connectivity index (χ1v) is 12.8. The van der Waals surface area contributed by atoms with Crippen LogP contribution in [0.1, 0.15) is 41.6 Å². The average Bonchev–Trinajstić information content (AvgIpc) is 3.28. The van der Waals surface area contributed by atoms with E-state index in [1.54, 1.807) is 19.1 Å². The van der Waals surface area contributed by atoms with E-state index in [9.17, 15) is 22.7 Å². The summed E-state index contributed by atoms with van der Waals surface area (Å²) in [6, 6.07) is 8.12. The van der Waals surface area contributed by atoms with Crippen LogP contribution in [0.2, 0.25) is 0 Å². The molecule has 2 fully saturated rings. The Labute approximate surface area is 194 Å². The van der Waals surface area contributed by atoms with Gasteiger partial charge in [-0.05, 0) is 87.5 Å². The summed E-state index contributed by atoms with van der Waals surface area (Å²) in [4.78, 5) is 16.5. The smallest absolute Gasteiger partial charge is 0.337 e. The second-order valence-electron chi connectivity index (χ2n) is 9.01. The van der Waals surface area contributed by atoms with Crippen molar-refractivity contribution in [2.45, 2.75) is 37.5 Å². The fraction of sp³-hybridized carbons (Fsp3) is 0.458. The summed E-state index contributed by atoms with van der Waals surface area (Å²) in [6.07, 6.45) is 4.60. The van der Waals surface area contributed by atoms with Gasteiger partial charge in [0.25, 0.3) is 10.0 Å². The normalized spacial score (nSPS) is 19.6. The molecule has 2 heterocycles. The number of anilines is 2. The van der Waals surface area contributed by atoms with Crippen molar-refractivity contribution in [3.8, 4) is 0 Å². The molecule has 2 saturated heterocycles. The molecule has 2 aliphatic heterocycles. The highest BCUT2D eigenvalue weighted by atomic mass is 32.2. The van der Waals surface area contributed by atoms with E-state index in [1.165, 1.54) is 31.0 Å². The predicted molar refractivity (Wildman–Crippen MR) is 126 cm³/mol. The topological polar surface area (TPSA) is 90.0 Å². The van der Waals surface area contributed by atoms with Crippen molar-refractivity contribution in [3.63, 3.8) is 0 Å². The Balaban J connectivity index is 1.55. The third-order valence-electron chi connectivity index (χ3n) is 6.49. The highest BCUT2D eigenvalue weighted by Gasteiger charge is 2.27. The number of sulfonamides is 1. The van der Waals surface area contributed by atoms with Crippen molar-refractivity contribution >= 4 is 27.4 Å². The highest BCUT2D eigenvalue weighted by molar-refractivity contribution is 7.92. The van der Waals surface area contributed by atoms with Crippen LogP contribution in [0.3, 0.4) is 0 Å². The molecular weight excluding hydrogens is 445 g/mol. The maximum Gasteiger partial charge on any atom is 0.337 e. The van der Waals surface area contributed by atoms with Gasteiger partial charge in [-0.1, -0.05) is 6.07 Å². The van der Waals surface area contributed by atoms with Crippen molar-refractivity contribution < 1.29 is 22.7 Å². The molecule has 0 aromatic heterocycles. The van der Waals surface area contributed by atoms with E-state index in [2.05, 4.69) is 14.5 Å². The minimum absolute atomic E-state index is 0.0491. The van der Waals surface area contributed by atoms with Crippen molar-refractivity contribution in [1.29, 1.82) is 0 Å². The van der Waals surface area contributed by atoms with E-state index >= 15 is 0 Å². The number of benzene rings is 2. The fourth-order valence-electron chi connectivity index (χ4n) is 4.88. The number of carboxylic acids is 1. The summed E-state index contributed by atoms with van der Waals surface area (Å²) in [5.74, 6) is -1.29. The monoisotopic (exact) mass is 475 g/mol. The number of hydrogen-bond acceptors (Lipinski definition) is 5. The van der Waals surface area contributed by atoms with Gasteiger partial charge in [0.2, 0.25) is 0 Å². The van der Waals surface area contributed by atoms with Gasteiger partial charge < -0.3 is 14.9 Å². The largest absolute Gasteiger partial charge is 0.478 e. The van der Waals surface area contributed by atoms with E-state index in [0.29, 0.717) is 17.2 Å². The number of likely N-dealkylation sites (tertiary alicyclic amines) is 1. The molecule has 178 valence electrons. The molecule has 1 atom stereocenters. The van der Waals surface area contributed by atoms with Crippen LogP contribution in [0.15, 0.2) is 41.3 Å². The Morgan fingerprint density at radius 2 is 1.88 bits per heavy atom. The van der Waals surface area contributed by atoms with Gasteiger partial charge in [-0.25, -0.2) is 17.6 Å². The summed E-state index contributed by atoms with van der Waals surface area (Å²) in [6.45, 7) is 6.43. The summed E-state index contributed by atoms with van der Waals surface area (Å²) in [5, 5.41) is 9.85. The van der Waals surface area contributed by atoms with Crippen LogP contribution in [0.25, 0.3) is 0 Å². The van der Waals surface area contributed by atoms with Gasteiger partial charge in [0.1, 0.15) is 5.82 Å². The molecule has 2 aromatic carbocycles. The second kappa shape index (κ2) is 9.69. The lowest BCUT2D eigenvalue weighted by atomic mass is 9.96. The third-order valence-corrected chi connectivity index (χ3v) is 8.02. The van der Waals surface area contributed by atoms with Gasteiger partial charge in [0.15, 0.2) is 0 Å². The fourth-order valence-corrected chi connectivity index (χ4v) is 6.19. The quantitative estimate of drug-likeness (QED) is 0.630. The summed E-state index contributed by atoms with van der Waals surface area (Å²) < 4.78 is 41.6. The molecule has 0 amide bonds. The molecule has 0 aliphatic carbocycles. The Kier molecular flexibility index (Phi) is 6.90. The number of rotatable bonds is 7. The SMILES string of the molecule is Cc1ccc(F)cc1S(=O)(=O)Nc1ccc(N2CCCC(CN3CCCC3)C2)c(C(=O)O)c1. The van der Waals surface area contributed by atoms with Crippen LogP contribution < -0.4 is 9.62 Å². The van der Waals surface area contributed by atoms with Crippen LogP contribution in [0.5, 0.6) is 0 Å². The van der Waals surface area contributed by atoms with Gasteiger partial charge >= 0.3 is 5.97 Å². The standard InChI is InChI=1S/C24H30FN3O4S/c1-17-6-7-19(25)13-23(17)33(31,32)26-20-8-9-22(21(14-20)24(29)30)28-12-4-5-18(16-28)15-27-10-2-3-11-27/h6-9,13-14,18,26H,2-5,10-12,15-16H2,1H3,(H,29,30). The van der Waals surface area contributed by atoms with Crippen molar-refractivity contribution in [3.05, 3.63) is 53.3 Å². The van der Waals surface area contributed by atoms with E-state index < -0.39 is 21.8 Å². The van der Waals surface area contributed by atoms with Crippen molar-refractivity contribution in [2.24, 2.45) is 5.92 Å². The number of piperidine rings is 1. The molecule has 7 nitrogen and oxygen atoms in total. The molecule has 2 aromatic rings. The van der Waals surface area contributed by atoms with Gasteiger partial charge in [-0.3, -0.25) is 4.72 Å². The van der Waals surface area contributed by atoms with Crippen molar-refractivity contribution in [2.75, 3.05) is 42.3 Å². The van der Waals surface area contributed by atoms with E-state index in [4.69, 9.17) is 0 Å². The first-order valence-electron chi connectivity index (χ1n) is 11.4. The molecule has 33 heavy (non-hydrogen) atoms. The number of hydrogen-bond donors (Lipinski definition) is 2. The van der Waals surface area contributed by atoms with Crippen LogP contribution in [-0.2, 0) is 10.0 Å². The maximum absolute atomic E-state index is 13.6. The number of nitrogens with one attached hydrogen (secondary N) is 1. The summed E-state index contributed by atoms with van der Waals surface area (Å²) in [7, 11) is -4.07. The number of halogens is 1. The lowest BCUT2D eigenvalue weighted by molar-refractivity contribution is 0.0697. The number of carbonyl (C=O) groups is 1. The molecule has 9 heteroatoms. The summed E-state index contributed by atoms with van der Waals surface area (Å²) >= 11 is 0. The van der Waals surface area contributed by atoms with Crippen molar-refractivity contribution in [1.82, 2.24) is 4.90 Å². The molecule has 0 bridgehead atoms. The van der Waals surface area contributed by atoms with Crippen LogP contribution in [0.4, 0.5) is 15.8 Å². The van der Waals surface area contributed by atoms with E-state index in [1.807, 2.05) is 0 Å². The molecule has 2 aliphatic rings. The third kappa shape index (κ3) is 5.47. The molecule has 1 unspecified atom stereocenters. The molecule has 0 saturated carbocycles. The lowest BCUT2D eigenvalue weighted by Crippen LogP contribution is -2.41. The molecular formula is C24H30FN3O4S. The lowest BCUT2D eigenvalue weighted by Gasteiger charge is -2.36. The second-order valence-corrected chi connectivity index (χ2v) is 10.7. The van der Waals surface area contributed by atoms with Gasteiger partial charge in [-0.2, -0.15) is 0 Å². The Hall–Kier alpha value is -2.65. The molecule has 0 radical (unpaired) electrons. The van der Waals surface area contributed by atoms with E-state index in [0.717, 1.165) is 51.6 Å². The zero-order valence-corrected chi connectivity index (χ0v) is 19.6. The Morgan fingerprint density at radius 3 is 2.61 bits per heavy atom. The highest BCUT2D eigenvalue weighted by Crippen LogP contribution is 2.31. The first-order chi connectivity index (χ1) is 15.7. The summed E-state index contributed by atoms with van der Waals surface area (Å²) in [5.41, 5.74) is 1.17. The first kappa shape index (κ1) is 23.5. The van der Waals surface area contributed by atoms with Gasteiger partial charge in [0.05, 0.1) is 16.1 Å². The zero-order valence-electron chi connectivity index (χ0n) is 18.8. The molecule has 4 rings (SSSR count).